The number of nitrogens with one attached hydrogen (secondary N) is 5. The van der Waals surface area contributed by atoms with Crippen LogP contribution in [0.25, 0.3) is 0 Å². The summed E-state index contributed by atoms with van der Waals surface area (Å²) in [5.41, 5.74) is 6.59. The van der Waals surface area contributed by atoms with Crippen LogP contribution in [-0.2, 0) is 116 Å². The van der Waals surface area contributed by atoms with Crippen molar-refractivity contribution < 1.29 is 149 Å². The zero-order valence-corrected chi connectivity index (χ0v) is 77.2. The van der Waals surface area contributed by atoms with E-state index in [1.807, 2.05) is 26.8 Å². The molecule has 12 N–H and O–H groups in total. The van der Waals surface area contributed by atoms with Gasteiger partial charge in [-0.2, -0.15) is 0 Å². The van der Waals surface area contributed by atoms with E-state index in [1.54, 1.807) is 77.8 Å². The first-order chi connectivity index (χ1) is 61.4. The van der Waals surface area contributed by atoms with Crippen LogP contribution in [-0.4, -0.2) is 373 Å². The van der Waals surface area contributed by atoms with Crippen molar-refractivity contribution in [2.45, 2.75) is 212 Å². The topological polar surface area (TPSA) is 508 Å². The first kappa shape index (κ1) is 113. The Bertz CT molecular complexity index is 3460. The summed E-state index contributed by atoms with van der Waals surface area (Å²) in [5, 5.41) is 66.4. The summed E-state index contributed by atoms with van der Waals surface area (Å²) < 4.78 is 95.2. The van der Waals surface area contributed by atoms with Crippen molar-refractivity contribution in [1.82, 2.24) is 36.0 Å². The maximum atomic E-state index is 14.9. The number of hydrogen-bond acceptors (Lipinski definition) is 31. The number of carbonyl (C=O) groups excluding carboxylic acids is 8. The average Bonchev–Trinajstić information content (AvgIpc) is 0.973. The maximum absolute atomic E-state index is 14.9. The Morgan fingerprint density at radius 1 is 0.594 bits per heavy atom. The molecule has 40 nitrogen and oxygen atoms in total. The Morgan fingerprint density at radius 2 is 1.12 bits per heavy atom. The molecule has 2 fully saturated rings. The zero-order valence-electron chi connectivity index (χ0n) is 77.2. The smallest absolute Gasteiger partial charge is 0.411 e. The van der Waals surface area contributed by atoms with Crippen LogP contribution < -0.4 is 37.1 Å². The Hall–Kier alpha value is -7.69. The lowest BCUT2D eigenvalue weighted by Gasteiger charge is -2.41. The zero-order chi connectivity index (χ0) is 94.3. The number of nitrogens with zero attached hydrogens (tertiary/aromatic N) is 3. The molecule has 732 valence electrons. The Labute approximate surface area is 753 Å². The van der Waals surface area contributed by atoms with Gasteiger partial charge in [0.1, 0.15) is 49.4 Å². The number of aliphatic carboxylic acids is 1. The van der Waals surface area contributed by atoms with E-state index in [1.165, 1.54) is 44.4 Å². The number of anilines is 1. The van der Waals surface area contributed by atoms with Crippen LogP contribution in [0.2, 0.25) is 0 Å². The summed E-state index contributed by atoms with van der Waals surface area (Å²) in [7, 11) is 5.93. The molecule has 0 aromatic heterocycles. The third-order valence-corrected chi connectivity index (χ3v) is 21.6. The van der Waals surface area contributed by atoms with Crippen molar-refractivity contribution in [2.24, 2.45) is 29.4 Å². The molecule has 2 aromatic carbocycles. The molecular weight excluding hydrogens is 1680 g/mol. The van der Waals surface area contributed by atoms with Crippen molar-refractivity contribution in [3.63, 3.8) is 0 Å². The van der Waals surface area contributed by atoms with Crippen LogP contribution in [0.1, 0.15) is 137 Å². The molecule has 0 bridgehead atoms. The lowest BCUT2D eigenvalue weighted by atomic mass is 9.89. The number of likely N-dealkylation sites (tertiary alicyclic amines) is 1. The fourth-order valence-corrected chi connectivity index (χ4v) is 14.2. The molecule has 2 heterocycles. The van der Waals surface area contributed by atoms with Crippen LogP contribution in [0.15, 0.2) is 48.5 Å². The molecule has 2 aliphatic heterocycles. The van der Waals surface area contributed by atoms with E-state index in [0.29, 0.717) is 170 Å². The second-order valence-electron chi connectivity index (χ2n) is 32.0. The number of unbranched alkanes of at least 4 members (excludes halogenated alkanes) is 1. The molecule has 8 amide bonds. The third-order valence-electron chi connectivity index (χ3n) is 21.6. The monoisotopic (exact) mass is 1830 g/mol. The predicted octanol–water partition coefficient (Wildman–Crippen LogP) is 3.11. The van der Waals surface area contributed by atoms with Crippen molar-refractivity contribution in [2.75, 3.05) is 205 Å². The van der Waals surface area contributed by atoms with E-state index < -0.39 is 140 Å². The van der Waals surface area contributed by atoms with Gasteiger partial charge >= 0.3 is 18.2 Å². The van der Waals surface area contributed by atoms with Gasteiger partial charge in [-0.1, -0.05) is 98.2 Å². The SMILES string of the molecule is CCCNC(=O)[C@@H](N)CCCCNC(=O)CCOCCOCCOCCOCCOCCOCCOCCOCCOCCOCCOCCOC(=O)Nc1cc(COC(=O)N(C)[C@H](C(=O)N[C@H](C(=O)N(C)[C@@H]([C@@H](C)CC)[C@@H](CC(=O)N2CCC[C@H]2[C@H](OC)[C@@H](C)C(=O)N[C@H](C)[C@@H](O)c2ccccc2)OC)C(C)C)C(C)C)ccc1O[C@@H]1O[C@H](C(=O)O)[C@@H](O)[C@H](O)[C@H]1O. The van der Waals surface area contributed by atoms with E-state index in [4.69, 9.17) is 86.3 Å². The number of nitrogens with two attached hydrogens (primary N) is 1. The summed E-state index contributed by atoms with van der Waals surface area (Å²) in [4.78, 5) is 125. The van der Waals surface area contributed by atoms with Gasteiger partial charge in [-0.3, -0.25) is 39.0 Å². The molecule has 0 radical (unpaired) electrons. The molecule has 0 spiro atoms. The average molecular weight is 1830 g/mol. The largest absolute Gasteiger partial charge is 0.479 e. The lowest BCUT2D eigenvalue weighted by Crippen LogP contribution is -2.61. The highest BCUT2D eigenvalue weighted by Gasteiger charge is 2.49. The highest BCUT2D eigenvalue weighted by Crippen LogP contribution is 2.34. The number of carboxylic acid groups (broad SMARTS) is 1. The minimum atomic E-state index is -2.03. The van der Waals surface area contributed by atoms with Crippen LogP contribution in [0.4, 0.5) is 15.3 Å². The molecule has 128 heavy (non-hydrogen) atoms. The van der Waals surface area contributed by atoms with Gasteiger partial charge in [0.25, 0.3) is 0 Å². The number of methoxy groups -OCH3 is 2. The van der Waals surface area contributed by atoms with Gasteiger partial charge in [0.2, 0.25) is 41.7 Å². The van der Waals surface area contributed by atoms with Gasteiger partial charge in [-0.05, 0) is 86.5 Å². The number of aliphatic hydroxyl groups excluding tert-OH is 4. The number of aliphatic hydroxyl groups is 4. The molecular formula is C88H149N9O31. The molecule has 0 aliphatic carbocycles. The fraction of sp³-hybridized carbons (Fsp3) is 0.761. The maximum Gasteiger partial charge on any atom is 0.411 e. The minimum absolute atomic E-state index is 0.0560. The third kappa shape index (κ3) is 41.8. The van der Waals surface area contributed by atoms with E-state index in [-0.39, 0.29) is 92.4 Å². The molecule has 40 heteroatoms. The molecule has 4 rings (SSSR count). The number of benzene rings is 2. The highest BCUT2D eigenvalue weighted by molar-refractivity contribution is 5.92. The summed E-state index contributed by atoms with van der Waals surface area (Å²) in [6.45, 7) is 24.5. The molecule has 0 saturated carbocycles. The van der Waals surface area contributed by atoms with E-state index >= 15 is 0 Å². The molecule has 0 unspecified atom stereocenters. The van der Waals surface area contributed by atoms with Crippen molar-refractivity contribution in [1.29, 1.82) is 0 Å². The number of amides is 8. The predicted molar refractivity (Wildman–Crippen MR) is 467 cm³/mol. The van der Waals surface area contributed by atoms with Crippen molar-refractivity contribution >= 4 is 59.3 Å². The summed E-state index contributed by atoms with van der Waals surface area (Å²) in [6.07, 6.45) is -9.62. The Balaban J connectivity index is 1.12. The molecule has 2 aromatic rings. The standard InChI is InChI=1S/C88H149N9O31/c1-14-29-91-82(105)65(89)24-19-20-30-90-70(98)28-32-114-33-34-115-35-36-116-37-38-117-39-40-118-41-42-119-43-44-120-45-46-121-47-48-122-49-50-123-51-52-124-53-54-125-87(110)93-66-55-63(26-27-68(66)127-86-78(103)76(101)77(102)80(128-86)85(108)109)57-126-88(111)96(11)73(59(5)6)83(106)94-72(58(3)4)84(107)95(10)74(60(7)15-2)69(112-12)56-71(99)97-31-21-25-67(97)79(113-13)61(8)81(104)92-62(9)75(100)64-22-17-16-18-23-64/h16-18,22-23,26-27,55,58-62,65,67,69,72-80,86,100-103H,14-15,19-21,24-25,28-54,56-57,89H2,1-13H3,(H,90,98)(H,91,105)(H,92,104)(H,93,110)(H,94,106)(H,108,109)/t60-,61+,62+,65-,67-,69+,72-,73-,74-,75+,76-,77-,78+,79+,80-,86+/m0/s1. The number of likely N-dealkylation sites (N-methyl/N-ethyl adjacent to an activating group) is 2. The fourth-order valence-electron chi connectivity index (χ4n) is 14.2. The van der Waals surface area contributed by atoms with Gasteiger partial charge < -0.3 is 143 Å². The quantitative estimate of drug-likeness (QED) is 0.0424. The summed E-state index contributed by atoms with van der Waals surface area (Å²) >= 11 is 0. The first-order valence-electron chi connectivity index (χ1n) is 44.6. The number of carbonyl (C=O) groups is 9. The van der Waals surface area contributed by atoms with Gasteiger partial charge in [0, 0.05) is 54.4 Å². The highest BCUT2D eigenvalue weighted by atomic mass is 16.7. The second-order valence-corrected chi connectivity index (χ2v) is 32.0. The molecule has 2 saturated heterocycles. The van der Waals surface area contributed by atoms with Gasteiger partial charge in [0.05, 0.1) is 206 Å². The second kappa shape index (κ2) is 65.0. The van der Waals surface area contributed by atoms with Gasteiger partial charge in [-0.15, -0.1) is 0 Å². The van der Waals surface area contributed by atoms with Crippen LogP contribution >= 0.6 is 0 Å². The molecule has 16 atom stereocenters. The van der Waals surface area contributed by atoms with E-state index in [9.17, 15) is 68.7 Å². The van der Waals surface area contributed by atoms with Crippen LogP contribution in [0.5, 0.6) is 5.75 Å². The van der Waals surface area contributed by atoms with Crippen molar-refractivity contribution in [3.8, 4) is 5.75 Å². The number of carboxylic acids is 1. The minimum Gasteiger partial charge on any atom is -0.479 e. The van der Waals surface area contributed by atoms with Gasteiger partial charge in [-0.25, -0.2) is 14.4 Å². The Morgan fingerprint density at radius 3 is 1.62 bits per heavy atom. The normalized spacial score (nSPS) is 18.7. The number of rotatable bonds is 70. The number of ether oxygens (including phenoxy) is 17. The summed E-state index contributed by atoms with van der Waals surface area (Å²) in [6, 6.07) is 8.33. The summed E-state index contributed by atoms with van der Waals surface area (Å²) in [5.74, 6) is -5.88. The van der Waals surface area contributed by atoms with Crippen LogP contribution in [0.3, 0.4) is 0 Å². The van der Waals surface area contributed by atoms with E-state index in [0.717, 1.165) is 24.2 Å². The Kier molecular flexibility index (Phi) is 57.2. The van der Waals surface area contributed by atoms with E-state index in [2.05, 4.69) is 26.6 Å². The molecule has 2 aliphatic rings. The first-order valence-corrected chi connectivity index (χ1v) is 44.6. The number of hydrogen-bond donors (Lipinski definition) is 11. The van der Waals surface area contributed by atoms with Gasteiger partial charge in [0.15, 0.2) is 6.10 Å². The van der Waals surface area contributed by atoms with Crippen LogP contribution in [0, 0.1) is 23.7 Å². The lowest BCUT2D eigenvalue weighted by molar-refractivity contribution is -0.271. The van der Waals surface area contributed by atoms with Crippen molar-refractivity contribution in [3.05, 3.63) is 59.7 Å².